The molecule has 1 N–H and O–H groups in total. The van der Waals surface area contributed by atoms with E-state index in [-0.39, 0.29) is 0 Å². The Morgan fingerprint density at radius 3 is 2.76 bits per heavy atom. The molecule has 0 aromatic carbocycles. The number of rotatable bonds is 6. The highest BCUT2D eigenvalue weighted by Crippen LogP contribution is 2.42. The monoisotopic (exact) mass is 397 g/mol. The highest BCUT2D eigenvalue weighted by Gasteiger charge is 2.29. The lowest BCUT2D eigenvalue weighted by Gasteiger charge is -2.11. The molecule has 0 atom stereocenters. The number of aromatic nitrogens is 4. The van der Waals surface area contributed by atoms with E-state index in [1.165, 1.54) is 22.1 Å². The molecule has 5 nitrogen and oxygen atoms in total. The van der Waals surface area contributed by atoms with Crippen LogP contribution in [0.15, 0.2) is 12.4 Å². The van der Waals surface area contributed by atoms with Crippen molar-refractivity contribution in [3.63, 3.8) is 0 Å². The summed E-state index contributed by atoms with van der Waals surface area (Å²) in [5.74, 6) is 2.37. The third kappa shape index (κ3) is 3.20. The van der Waals surface area contributed by atoms with Crippen LogP contribution in [0.5, 0.6) is 0 Å². The molecule has 0 spiro atoms. The van der Waals surface area contributed by atoms with E-state index >= 15 is 0 Å². The van der Waals surface area contributed by atoms with Gasteiger partial charge in [-0.05, 0) is 48.8 Å². The highest BCUT2D eigenvalue weighted by molar-refractivity contribution is 14.1. The van der Waals surface area contributed by atoms with Crippen LogP contribution in [0.4, 0.5) is 5.82 Å². The Kier molecular flexibility index (Phi) is 4.42. The summed E-state index contributed by atoms with van der Waals surface area (Å²) < 4.78 is 3.09. The molecule has 0 radical (unpaired) electrons. The van der Waals surface area contributed by atoms with Crippen LogP contribution >= 0.6 is 22.6 Å². The zero-order valence-corrected chi connectivity index (χ0v) is 14.6. The van der Waals surface area contributed by atoms with E-state index in [1.807, 2.05) is 17.1 Å². The van der Waals surface area contributed by atoms with Gasteiger partial charge in [0.1, 0.15) is 5.82 Å². The molecule has 1 aliphatic rings. The van der Waals surface area contributed by atoms with E-state index in [0.717, 1.165) is 36.7 Å². The van der Waals surface area contributed by atoms with Gasteiger partial charge < -0.3 is 5.32 Å². The SMILES string of the molecule is CCCNc1nc(-c2cnn(CC)c2)nc(C2CC2)c1I. The molecule has 0 amide bonds. The van der Waals surface area contributed by atoms with Gasteiger partial charge >= 0.3 is 0 Å². The Morgan fingerprint density at radius 2 is 2.14 bits per heavy atom. The number of nitrogens with one attached hydrogen (secondary N) is 1. The summed E-state index contributed by atoms with van der Waals surface area (Å²) in [4.78, 5) is 9.52. The molecule has 2 aromatic heterocycles. The minimum Gasteiger partial charge on any atom is -0.369 e. The third-order valence-corrected chi connectivity index (χ3v) is 4.66. The zero-order valence-electron chi connectivity index (χ0n) is 12.4. The second-order valence-electron chi connectivity index (χ2n) is 5.38. The standard InChI is InChI=1S/C15H20IN5/c1-3-7-17-15-12(16)13(10-5-6-10)19-14(20-15)11-8-18-21(4-2)9-11/h8-10H,3-7H2,1-2H3,(H,17,19,20). The van der Waals surface area contributed by atoms with Crippen molar-refractivity contribution in [2.24, 2.45) is 0 Å². The molecule has 0 bridgehead atoms. The molecule has 112 valence electrons. The first kappa shape index (κ1) is 14.7. The predicted octanol–water partition coefficient (Wildman–Crippen LogP) is 3.66. The smallest absolute Gasteiger partial charge is 0.165 e. The summed E-state index contributed by atoms with van der Waals surface area (Å²) in [6.07, 6.45) is 7.44. The highest BCUT2D eigenvalue weighted by atomic mass is 127. The topological polar surface area (TPSA) is 55.6 Å². The molecule has 1 aliphatic carbocycles. The van der Waals surface area contributed by atoms with E-state index < -0.39 is 0 Å². The fraction of sp³-hybridized carbons (Fsp3) is 0.533. The lowest BCUT2D eigenvalue weighted by Crippen LogP contribution is -2.08. The minimum absolute atomic E-state index is 0.613. The maximum Gasteiger partial charge on any atom is 0.165 e. The van der Waals surface area contributed by atoms with Crippen LogP contribution in [0.1, 0.15) is 44.7 Å². The van der Waals surface area contributed by atoms with Gasteiger partial charge in [-0.1, -0.05) is 6.92 Å². The summed E-state index contributed by atoms with van der Waals surface area (Å²) in [6, 6.07) is 0. The maximum absolute atomic E-state index is 4.81. The van der Waals surface area contributed by atoms with Gasteiger partial charge in [0, 0.05) is 25.2 Å². The minimum atomic E-state index is 0.613. The molecule has 0 saturated heterocycles. The predicted molar refractivity (Wildman–Crippen MR) is 92.4 cm³/mol. The van der Waals surface area contributed by atoms with Crippen LogP contribution in [0.3, 0.4) is 0 Å². The quantitative estimate of drug-likeness (QED) is 0.756. The van der Waals surface area contributed by atoms with Crippen molar-refractivity contribution in [3.8, 4) is 11.4 Å². The molecule has 2 aromatic rings. The molecular formula is C15H20IN5. The Hall–Kier alpha value is -1.18. The van der Waals surface area contributed by atoms with Crippen LogP contribution in [0.2, 0.25) is 0 Å². The first-order valence-electron chi connectivity index (χ1n) is 7.57. The van der Waals surface area contributed by atoms with Crippen molar-refractivity contribution in [1.29, 1.82) is 0 Å². The Bertz CT molecular complexity index is 633. The second kappa shape index (κ2) is 6.29. The first-order chi connectivity index (χ1) is 10.2. The average Bonchev–Trinajstić information content (AvgIpc) is 3.23. The van der Waals surface area contributed by atoms with Gasteiger partial charge in [0.05, 0.1) is 21.0 Å². The van der Waals surface area contributed by atoms with Crippen molar-refractivity contribution in [2.45, 2.75) is 45.6 Å². The third-order valence-electron chi connectivity index (χ3n) is 3.60. The van der Waals surface area contributed by atoms with Crippen molar-refractivity contribution in [1.82, 2.24) is 19.7 Å². The Morgan fingerprint density at radius 1 is 1.33 bits per heavy atom. The van der Waals surface area contributed by atoms with Crippen LogP contribution < -0.4 is 5.32 Å². The molecule has 0 aliphatic heterocycles. The van der Waals surface area contributed by atoms with Crippen molar-refractivity contribution < 1.29 is 0 Å². The summed E-state index contributed by atoms with van der Waals surface area (Å²) in [7, 11) is 0. The Balaban J connectivity index is 2.00. The average molecular weight is 397 g/mol. The maximum atomic E-state index is 4.81. The zero-order chi connectivity index (χ0) is 14.8. The van der Waals surface area contributed by atoms with E-state index in [1.54, 1.807) is 0 Å². The first-order valence-corrected chi connectivity index (χ1v) is 8.65. The van der Waals surface area contributed by atoms with Gasteiger partial charge in [-0.15, -0.1) is 0 Å². The van der Waals surface area contributed by atoms with Crippen LogP contribution in [0.25, 0.3) is 11.4 Å². The largest absolute Gasteiger partial charge is 0.369 e. The molecule has 0 unspecified atom stereocenters. The van der Waals surface area contributed by atoms with Crippen LogP contribution in [-0.4, -0.2) is 26.3 Å². The van der Waals surface area contributed by atoms with Gasteiger partial charge in [0.25, 0.3) is 0 Å². The fourth-order valence-electron chi connectivity index (χ4n) is 2.23. The summed E-state index contributed by atoms with van der Waals surface area (Å²) in [6.45, 7) is 6.04. The van der Waals surface area contributed by atoms with Gasteiger partial charge in [-0.25, -0.2) is 9.97 Å². The van der Waals surface area contributed by atoms with E-state index in [2.05, 4.69) is 46.9 Å². The van der Waals surface area contributed by atoms with Gasteiger partial charge in [-0.2, -0.15) is 5.10 Å². The lowest BCUT2D eigenvalue weighted by atomic mass is 10.2. The van der Waals surface area contributed by atoms with E-state index in [9.17, 15) is 0 Å². The van der Waals surface area contributed by atoms with Gasteiger partial charge in [0.15, 0.2) is 5.82 Å². The van der Waals surface area contributed by atoms with Crippen molar-refractivity contribution in [2.75, 3.05) is 11.9 Å². The van der Waals surface area contributed by atoms with E-state index in [4.69, 9.17) is 9.97 Å². The fourth-order valence-corrected chi connectivity index (χ4v) is 3.11. The number of hydrogen-bond acceptors (Lipinski definition) is 4. The summed E-state index contributed by atoms with van der Waals surface area (Å²) >= 11 is 2.38. The lowest BCUT2D eigenvalue weighted by molar-refractivity contribution is 0.660. The molecule has 21 heavy (non-hydrogen) atoms. The normalized spacial score (nSPS) is 14.4. The molecule has 1 saturated carbocycles. The van der Waals surface area contributed by atoms with Crippen molar-refractivity contribution in [3.05, 3.63) is 21.7 Å². The summed E-state index contributed by atoms with van der Waals surface area (Å²) in [5.41, 5.74) is 2.19. The molecule has 2 heterocycles. The van der Waals surface area contributed by atoms with Crippen LogP contribution in [0, 0.1) is 3.57 Å². The number of nitrogens with zero attached hydrogens (tertiary/aromatic N) is 4. The molecule has 3 rings (SSSR count). The second-order valence-corrected chi connectivity index (χ2v) is 6.46. The van der Waals surface area contributed by atoms with Crippen molar-refractivity contribution >= 4 is 28.4 Å². The number of anilines is 1. The number of hydrogen-bond donors (Lipinski definition) is 1. The summed E-state index contributed by atoms with van der Waals surface area (Å²) in [5, 5.41) is 7.76. The van der Waals surface area contributed by atoms with Gasteiger partial charge in [0.2, 0.25) is 0 Å². The molecule has 6 heteroatoms. The molecular weight excluding hydrogens is 377 g/mol. The van der Waals surface area contributed by atoms with E-state index in [0.29, 0.717) is 5.92 Å². The van der Waals surface area contributed by atoms with Gasteiger partial charge in [-0.3, -0.25) is 4.68 Å². The Labute approximate surface area is 138 Å². The number of halogens is 1. The number of aryl methyl sites for hydroxylation is 1. The van der Waals surface area contributed by atoms with Crippen LogP contribution in [-0.2, 0) is 6.54 Å². The molecule has 1 fully saturated rings.